The standard InChI is InChI=1S/C20H19F3N2O2/c1-12-6-7-13(2)17(8-12)25-11-14(9-18(25)26)19(27)24-16-5-3-4-15(10-16)20(21,22)23/h3-8,10,14H,9,11H2,1-2H3,(H,24,27). The van der Waals surface area contributed by atoms with Gasteiger partial charge in [-0.2, -0.15) is 13.2 Å². The zero-order valence-corrected chi connectivity index (χ0v) is 14.9. The molecule has 1 heterocycles. The number of hydrogen-bond donors (Lipinski definition) is 1. The fourth-order valence-electron chi connectivity index (χ4n) is 3.14. The van der Waals surface area contributed by atoms with Crippen LogP contribution in [0.4, 0.5) is 24.5 Å². The number of aryl methyl sites for hydroxylation is 2. The molecule has 142 valence electrons. The molecule has 1 N–H and O–H groups in total. The largest absolute Gasteiger partial charge is 0.416 e. The summed E-state index contributed by atoms with van der Waals surface area (Å²) < 4.78 is 38.4. The van der Waals surface area contributed by atoms with E-state index in [9.17, 15) is 22.8 Å². The van der Waals surface area contributed by atoms with Crippen molar-refractivity contribution in [3.63, 3.8) is 0 Å². The maximum absolute atomic E-state index is 12.8. The highest BCUT2D eigenvalue weighted by atomic mass is 19.4. The van der Waals surface area contributed by atoms with Gasteiger partial charge in [0.15, 0.2) is 0 Å². The SMILES string of the molecule is Cc1ccc(C)c(N2CC(C(=O)Nc3cccc(C(F)(F)F)c3)CC2=O)c1. The van der Waals surface area contributed by atoms with Gasteiger partial charge in [0.05, 0.1) is 11.5 Å². The van der Waals surface area contributed by atoms with E-state index in [1.54, 1.807) is 4.90 Å². The maximum Gasteiger partial charge on any atom is 0.416 e. The summed E-state index contributed by atoms with van der Waals surface area (Å²) in [6.07, 6.45) is -4.46. The van der Waals surface area contributed by atoms with Crippen LogP contribution in [0.3, 0.4) is 0 Å². The van der Waals surface area contributed by atoms with Crippen LogP contribution in [0.1, 0.15) is 23.1 Å². The number of alkyl halides is 3. The number of carbonyl (C=O) groups excluding carboxylic acids is 2. The Bertz CT molecular complexity index is 893. The van der Waals surface area contributed by atoms with Gasteiger partial charge in [0.25, 0.3) is 0 Å². The van der Waals surface area contributed by atoms with Crippen molar-refractivity contribution in [2.75, 3.05) is 16.8 Å². The third-order valence-corrected chi connectivity index (χ3v) is 4.61. The van der Waals surface area contributed by atoms with Crippen LogP contribution in [-0.2, 0) is 15.8 Å². The maximum atomic E-state index is 12.8. The Morgan fingerprint density at radius 3 is 2.59 bits per heavy atom. The minimum absolute atomic E-state index is 0.0260. The van der Waals surface area contributed by atoms with Gasteiger partial charge in [0, 0.05) is 24.3 Å². The minimum Gasteiger partial charge on any atom is -0.326 e. The number of hydrogen-bond acceptors (Lipinski definition) is 2. The number of rotatable bonds is 3. The molecular weight excluding hydrogens is 357 g/mol. The lowest BCUT2D eigenvalue weighted by Gasteiger charge is -2.19. The Kier molecular flexibility index (Phi) is 4.95. The summed E-state index contributed by atoms with van der Waals surface area (Å²) in [5.41, 5.74) is 1.91. The lowest BCUT2D eigenvalue weighted by atomic mass is 10.1. The van der Waals surface area contributed by atoms with Crippen molar-refractivity contribution in [1.29, 1.82) is 0 Å². The van der Waals surface area contributed by atoms with Crippen molar-refractivity contribution in [2.24, 2.45) is 5.92 Å². The van der Waals surface area contributed by atoms with Crippen molar-refractivity contribution in [2.45, 2.75) is 26.4 Å². The van der Waals surface area contributed by atoms with Crippen LogP contribution in [0.25, 0.3) is 0 Å². The molecule has 0 saturated carbocycles. The Balaban J connectivity index is 1.74. The molecule has 1 saturated heterocycles. The van der Waals surface area contributed by atoms with Crippen LogP contribution in [0.5, 0.6) is 0 Å². The second-order valence-electron chi connectivity index (χ2n) is 6.76. The number of carbonyl (C=O) groups is 2. The second-order valence-corrected chi connectivity index (χ2v) is 6.76. The first-order valence-corrected chi connectivity index (χ1v) is 8.51. The van der Waals surface area contributed by atoms with Crippen LogP contribution in [-0.4, -0.2) is 18.4 Å². The van der Waals surface area contributed by atoms with E-state index in [0.29, 0.717) is 0 Å². The fraction of sp³-hybridized carbons (Fsp3) is 0.300. The molecule has 1 aliphatic heterocycles. The van der Waals surface area contributed by atoms with Gasteiger partial charge in [-0.3, -0.25) is 9.59 Å². The lowest BCUT2D eigenvalue weighted by Crippen LogP contribution is -2.28. The molecule has 1 unspecified atom stereocenters. The molecule has 2 aromatic carbocycles. The number of benzene rings is 2. The van der Waals surface area contributed by atoms with Crippen molar-refractivity contribution < 1.29 is 22.8 Å². The number of amides is 2. The molecule has 4 nitrogen and oxygen atoms in total. The summed E-state index contributed by atoms with van der Waals surface area (Å²) in [5.74, 6) is -1.25. The van der Waals surface area contributed by atoms with E-state index >= 15 is 0 Å². The highest BCUT2D eigenvalue weighted by Crippen LogP contribution is 2.32. The first-order valence-electron chi connectivity index (χ1n) is 8.51. The van der Waals surface area contributed by atoms with Crippen molar-refractivity contribution >= 4 is 23.2 Å². The van der Waals surface area contributed by atoms with Crippen LogP contribution >= 0.6 is 0 Å². The van der Waals surface area contributed by atoms with Gasteiger partial charge < -0.3 is 10.2 Å². The number of halogens is 3. The molecule has 0 spiro atoms. The van der Waals surface area contributed by atoms with E-state index < -0.39 is 23.6 Å². The van der Waals surface area contributed by atoms with E-state index in [2.05, 4.69) is 5.32 Å². The molecule has 0 bridgehead atoms. The van der Waals surface area contributed by atoms with Gasteiger partial charge in [0.2, 0.25) is 11.8 Å². The third kappa shape index (κ3) is 4.13. The van der Waals surface area contributed by atoms with Crippen LogP contribution in [0.15, 0.2) is 42.5 Å². The van der Waals surface area contributed by atoms with Crippen molar-refractivity contribution in [3.05, 3.63) is 59.2 Å². The number of anilines is 2. The van der Waals surface area contributed by atoms with Crippen LogP contribution in [0.2, 0.25) is 0 Å². The van der Waals surface area contributed by atoms with Crippen molar-refractivity contribution in [3.8, 4) is 0 Å². The van der Waals surface area contributed by atoms with Crippen molar-refractivity contribution in [1.82, 2.24) is 0 Å². The number of nitrogens with zero attached hydrogens (tertiary/aromatic N) is 1. The van der Waals surface area contributed by atoms with E-state index in [-0.39, 0.29) is 24.6 Å². The molecule has 1 aliphatic rings. The van der Waals surface area contributed by atoms with E-state index in [4.69, 9.17) is 0 Å². The second kappa shape index (κ2) is 7.06. The first kappa shape index (κ1) is 18.9. The van der Waals surface area contributed by atoms with Gasteiger partial charge in [-0.15, -0.1) is 0 Å². The van der Waals surface area contributed by atoms with Gasteiger partial charge >= 0.3 is 6.18 Å². The van der Waals surface area contributed by atoms with Gasteiger partial charge in [0.1, 0.15) is 0 Å². The zero-order valence-electron chi connectivity index (χ0n) is 14.9. The highest BCUT2D eigenvalue weighted by molar-refractivity contribution is 6.03. The molecule has 7 heteroatoms. The predicted molar refractivity (Wildman–Crippen MR) is 96.4 cm³/mol. The Morgan fingerprint density at radius 1 is 1.15 bits per heavy atom. The quantitative estimate of drug-likeness (QED) is 0.868. The highest BCUT2D eigenvalue weighted by Gasteiger charge is 2.36. The molecule has 3 rings (SSSR count). The average molecular weight is 376 g/mol. The molecule has 0 aromatic heterocycles. The topological polar surface area (TPSA) is 49.4 Å². The van der Waals surface area contributed by atoms with Crippen LogP contribution in [0, 0.1) is 19.8 Å². The molecular formula is C20H19F3N2O2. The van der Waals surface area contributed by atoms with Gasteiger partial charge in [-0.1, -0.05) is 18.2 Å². The number of nitrogens with one attached hydrogen (secondary N) is 1. The molecule has 0 radical (unpaired) electrons. The molecule has 2 amide bonds. The average Bonchev–Trinajstić information content (AvgIpc) is 2.98. The molecule has 1 fully saturated rings. The minimum atomic E-state index is -4.48. The first-order chi connectivity index (χ1) is 12.6. The normalized spacial score (nSPS) is 17.3. The summed E-state index contributed by atoms with van der Waals surface area (Å²) >= 11 is 0. The third-order valence-electron chi connectivity index (χ3n) is 4.61. The Hall–Kier alpha value is -2.83. The molecule has 1 atom stereocenters. The molecule has 2 aromatic rings. The molecule has 0 aliphatic carbocycles. The summed E-state index contributed by atoms with van der Waals surface area (Å²) in [6.45, 7) is 4.01. The monoisotopic (exact) mass is 376 g/mol. The fourth-order valence-corrected chi connectivity index (χ4v) is 3.14. The van der Waals surface area contributed by atoms with E-state index in [0.717, 1.165) is 28.9 Å². The summed E-state index contributed by atoms with van der Waals surface area (Å²) in [4.78, 5) is 26.4. The lowest BCUT2D eigenvalue weighted by molar-refractivity contribution is -0.137. The van der Waals surface area contributed by atoms with Gasteiger partial charge in [-0.05, 0) is 49.2 Å². The van der Waals surface area contributed by atoms with Crippen LogP contribution < -0.4 is 10.2 Å². The zero-order chi connectivity index (χ0) is 19.8. The smallest absolute Gasteiger partial charge is 0.326 e. The van der Waals surface area contributed by atoms with Gasteiger partial charge in [-0.25, -0.2) is 0 Å². The Labute approximate surface area is 155 Å². The van der Waals surface area contributed by atoms with E-state index in [1.807, 2.05) is 32.0 Å². The summed E-state index contributed by atoms with van der Waals surface area (Å²) in [7, 11) is 0. The van der Waals surface area contributed by atoms with E-state index in [1.165, 1.54) is 12.1 Å². The summed E-state index contributed by atoms with van der Waals surface area (Å²) in [5, 5.41) is 2.50. The predicted octanol–water partition coefficient (Wildman–Crippen LogP) is 4.31. The Morgan fingerprint density at radius 2 is 1.89 bits per heavy atom. The summed E-state index contributed by atoms with van der Waals surface area (Å²) in [6, 6.07) is 10.2. The molecule has 27 heavy (non-hydrogen) atoms.